The Morgan fingerprint density at radius 2 is 1.64 bits per heavy atom. The summed E-state index contributed by atoms with van der Waals surface area (Å²) in [5.74, 6) is -0.498. The number of nitrogens with zero attached hydrogens (tertiary/aromatic N) is 1. The number of nitrogens with one attached hydrogen (secondary N) is 2. The van der Waals surface area contributed by atoms with Crippen LogP contribution in [-0.2, 0) is 22.7 Å². The van der Waals surface area contributed by atoms with Crippen molar-refractivity contribution >= 4 is 23.6 Å². The molecule has 1 heterocycles. The number of amides is 3. The van der Waals surface area contributed by atoms with E-state index in [1.165, 1.54) is 5.56 Å². The van der Waals surface area contributed by atoms with Crippen molar-refractivity contribution in [2.24, 2.45) is 0 Å². The molecule has 9 nitrogen and oxygen atoms in total. The summed E-state index contributed by atoms with van der Waals surface area (Å²) >= 11 is 0. The monoisotopic (exact) mass is 571 g/mol. The second kappa shape index (κ2) is 13.2. The molecule has 1 saturated heterocycles. The lowest BCUT2D eigenvalue weighted by molar-refractivity contribution is -0.154. The molecule has 2 fully saturated rings. The first-order valence-electron chi connectivity index (χ1n) is 14.4. The van der Waals surface area contributed by atoms with Crippen LogP contribution in [0.2, 0.25) is 0 Å². The van der Waals surface area contributed by atoms with E-state index in [2.05, 4.69) is 22.8 Å². The number of ether oxygens (including phenoxy) is 1. The zero-order valence-electron chi connectivity index (χ0n) is 23.5. The van der Waals surface area contributed by atoms with Crippen LogP contribution in [0.4, 0.5) is 10.5 Å². The maximum Gasteiger partial charge on any atom is 0.407 e. The number of benzene rings is 3. The number of hydrogen-bond acceptors (Lipinski definition) is 6. The van der Waals surface area contributed by atoms with E-state index in [4.69, 9.17) is 4.74 Å². The number of piperidine rings is 1. The van der Waals surface area contributed by atoms with Gasteiger partial charge in [0.1, 0.15) is 6.61 Å². The van der Waals surface area contributed by atoms with E-state index in [-0.39, 0.29) is 12.5 Å². The average molecular weight is 572 g/mol. The SMILES string of the molecule is O=C(NCc1cccc(C2CCN(C(=O)c3cccc(NC(=O)C(O)C4(O)CCC4)c3)CC2)c1)OCc1ccccc1. The molecule has 0 radical (unpaired) electrons. The molecule has 1 aliphatic heterocycles. The molecule has 9 heteroatoms. The number of likely N-dealkylation sites (tertiary alicyclic amines) is 1. The highest BCUT2D eigenvalue weighted by atomic mass is 16.5. The minimum absolute atomic E-state index is 0.116. The molecule has 3 aromatic carbocycles. The second-order valence-electron chi connectivity index (χ2n) is 11.2. The summed E-state index contributed by atoms with van der Waals surface area (Å²) in [5, 5.41) is 25.9. The number of anilines is 1. The average Bonchev–Trinajstić information content (AvgIpc) is 3.01. The fourth-order valence-corrected chi connectivity index (χ4v) is 5.50. The van der Waals surface area contributed by atoms with Gasteiger partial charge in [0.25, 0.3) is 11.8 Å². The topological polar surface area (TPSA) is 128 Å². The Morgan fingerprint density at radius 3 is 2.36 bits per heavy atom. The van der Waals surface area contributed by atoms with E-state index >= 15 is 0 Å². The number of carbonyl (C=O) groups excluding carboxylic acids is 3. The van der Waals surface area contributed by atoms with E-state index in [1.54, 1.807) is 24.3 Å². The van der Waals surface area contributed by atoms with E-state index in [0.717, 1.165) is 30.4 Å². The lowest BCUT2D eigenvalue weighted by Crippen LogP contribution is -2.53. The van der Waals surface area contributed by atoms with Crippen molar-refractivity contribution in [2.45, 2.75) is 62.9 Å². The quantitative estimate of drug-likeness (QED) is 0.302. The molecule has 3 amide bonds. The van der Waals surface area contributed by atoms with Gasteiger partial charge in [-0.15, -0.1) is 0 Å². The summed E-state index contributed by atoms with van der Waals surface area (Å²) in [6.45, 7) is 1.78. The summed E-state index contributed by atoms with van der Waals surface area (Å²) in [5.41, 5.74) is 2.57. The third-order valence-electron chi connectivity index (χ3n) is 8.21. The number of hydrogen-bond donors (Lipinski definition) is 4. The van der Waals surface area contributed by atoms with Crippen molar-refractivity contribution in [3.8, 4) is 0 Å². The second-order valence-corrected chi connectivity index (χ2v) is 11.2. The lowest BCUT2D eigenvalue weighted by Gasteiger charge is -2.39. The Bertz CT molecular complexity index is 1400. The predicted molar refractivity (Wildman–Crippen MR) is 158 cm³/mol. The Hall–Kier alpha value is -4.21. The normalized spacial score (nSPS) is 17.0. The van der Waals surface area contributed by atoms with Crippen LogP contribution in [0.3, 0.4) is 0 Å². The number of alkyl carbamates (subject to hydrolysis) is 1. The molecule has 0 aromatic heterocycles. The molecule has 1 saturated carbocycles. The van der Waals surface area contributed by atoms with Crippen molar-refractivity contribution in [2.75, 3.05) is 18.4 Å². The zero-order chi connectivity index (χ0) is 29.5. The van der Waals surface area contributed by atoms with Gasteiger partial charge in [-0.1, -0.05) is 60.7 Å². The molecule has 1 aliphatic carbocycles. The summed E-state index contributed by atoms with van der Waals surface area (Å²) in [6, 6.07) is 24.3. The van der Waals surface area contributed by atoms with Gasteiger partial charge >= 0.3 is 6.09 Å². The first-order chi connectivity index (χ1) is 20.3. The molecule has 5 rings (SSSR count). The lowest BCUT2D eigenvalue weighted by atomic mass is 9.76. The summed E-state index contributed by atoms with van der Waals surface area (Å²) in [6.07, 6.45) is 1.20. The largest absolute Gasteiger partial charge is 0.445 e. The van der Waals surface area contributed by atoms with Crippen LogP contribution in [0.5, 0.6) is 0 Å². The third-order valence-corrected chi connectivity index (χ3v) is 8.21. The van der Waals surface area contributed by atoms with Gasteiger partial charge in [0.2, 0.25) is 0 Å². The van der Waals surface area contributed by atoms with Crippen LogP contribution in [0, 0.1) is 0 Å². The highest BCUT2D eigenvalue weighted by molar-refractivity contribution is 5.98. The fraction of sp³-hybridized carbons (Fsp3) is 0.364. The van der Waals surface area contributed by atoms with Crippen LogP contribution in [0.1, 0.15) is 65.1 Å². The summed E-state index contributed by atoms with van der Waals surface area (Å²) in [4.78, 5) is 39.6. The summed E-state index contributed by atoms with van der Waals surface area (Å²) < 4.78 is 5.29. The molecular formula is C33H37N3O6. The van der Waals surface area contributed by atoms with Gasteiger partial charge in [-0.2, -0.15) is 0 Å². The standard InChI is InChI=1S/C33H37N3O6/c37-29(33(41)15-6-16-33)30(38)35-28-12-5-11-27(20-28)31(39)36-17-13-25(14-18-36)26-10-4-9-24(19-26)21-34-32(40)42-22-23-7-2-1-3-8-23/h1-5,7-12,19-20,25,29,37,41H,6,13-18,21-22H2,(H,34,40)(H,35,38). The molecular weight excluding hydrogens is 534 g/mol. The molecule has 1 atom stereocenters. The van der Waals surface area contributed by atoms with Crippen molar-refractivity contribution in [3.05, 3.63) is 101 Å². The smallest absolute Gasteiger partial charge is 0.407 e. The molecule has 0 bridgehead atoms. The molecule has 4 N–H and O–H groups in total. The predicted octanol–water partition coefficient (Wildman–Crippen LogP) is 4.35. The Kier molecular flexibility index (Phi) is 9.19. The Morgan fingerprint density at radius 1 is 0.929 bits per heavy atom. The van der Waals surface area contributed by atoms with Crippen molar-refractivity contribution < 1.29 is 29.3 Å². The van der Waals surface area contributed by atoms with E-state index < -0.39 is 23.7 Å². The van der Waals surface area contributed by atoms with E-state index in [9.17, 15) is 24.6 Å². The van der Waals surface area contributed by atoms with Crippen LogP contribution in [-0.4, -0.2) is 57.8 Å². The van der Waals surface area contributed by atoms with Crippen LogP contribution in [0.15, 0.2) is 78.9 Å². The Balaban J connectivity index is 1.10. The molecule has 1 unspecified atom stereocenters. The van der Waals surface area contributed by atoms with E-state index in [1.807, 2.05) is 47.4 Å². The molecule has 2 aliphatic rings. The first kappa shape index (κ1) is 29.3. The first-order valence-corrected chi connectivity index (χ1v) is 14.4. The van der Waals surface area contributed by atoms with Gasteiger partial charge < -0.3 is 30.5 Å². The number of aliphatic hydroxyl groups is 2. The molecule has 220 valence electrons. The number of rotatable bonds is 9. The maximum atomic E-state index is 13.2. The van der Waals surface area contributed by atoms with Gasteiger partial charge in [-0.05, 0) is 72.9 Å². The highest BCUT2D eigenvalue weighted by Crippen LogP contribution is 2.35. The van der Waals surface area contributed by atoms with Gasteiger partial charge in [0.05, 0.1) is 5.60 Å². The van der Waals surface area contributed by atoms with Gasteiger partial charge in [-0.3, -0.25) is 9.59 Å². The van der Waals surface area contributed by atoms with Crippen molar-refractivity contribution in [1.82, 2.24) is 10.2 Å². The van der Waals surface area contributed by atoms with E-state index in [0.29, 0.717) is 49.6 Å². The summed E-state index contributed by atoms with van der Waals surface area (Å²) in [7, 11) is 0. The molecule has 42 heavy (non-hydrogen) atoms. The zero-order valence-corrected chi connectivity index (χ0v) is 23.5. The van der Waals surface area contributed by atoms with Crippen LogP contribution >= 0.6 is 0 Å². The van der Waals surface area contributed by atoms with Gasteiger partial charge in [0, 0.05) is 30.9 Å². The Labute approximate surface area is 245 Å². The minimum atomic E-state index is -1.51. The molecule has 0 spiro atoms. The van der Waals surface area contributed by atoms with Crippen molar-refractivity contribution in [3.63, 3.8) is 0 Å². The minimum Gasteiger partial charge on any atom is -0.445 e. The maximum absolute atomic E-state index is 13.2. The van der Waals surface area contributed by atoms with Crippen molar-refractivity contribution in [1.29, 1.82) is 0 Å². The fourth-order valence-electron chi connectivity index (χ4n) is 5.50. The van der Waals surface area contributed by atoms with Gasteiger partial charge in [-0.25, -0.2) is 4.79 Å². The van der Waals surface area contributed by atoms with Gasteiger partial charge in [0.15, 0.2) is 6.10 Å². The highest BCUT2D eigenvalue weighted by Gasteiger charge is 2.45. The number of aliphatic hydroxyl groups excluding tert-OH is 1. The third kappa shape index (κ3) is 7.16. The van der Waals surface area contributed by atoms with Crippen LogP contribution < -0.4 is 10.6 Å². The molecule has 3 aromatic rings. The number of carbonyl (C=O) groups is 3. The van der Waals surface area contributed by atoms with Crippen LogP contribution in [0.25, 0.3) is 0 Å².